The van der Waals surface area contributed by atoms with Crippen molar-refractivity contribution in [2.75, 3.05) is 0 Å². The van der Waals surface area contributed by atoms with Gasteiger partial charge in [-0.3, -0.25) is 0 Å². The maximum absolute atomic E-state index is 14.4. The number of alkyl halides is 2. The molecule has 0 N–H and O–H groups in total. The number of halogens is 4. The van der Waals surface area contributed by atoms with Crippen LogP contribution in [0.2, 0.25) is 10.0 Å². The van der Waals surface area contributed by atoms with Crippen molar-refractivity contribution in [1.82, 2.24) is 4.98 Å². The molecule has 0 unspecified atom stereocenters. The van der Waals surface area contributed by atoms with Crippen LogP contribution >= 0.6 is 23.2 Å². The predicted molar refractivity (Wildman–Crippen MR) is 78.1 cm³/mol. The van der Waals surface area contributed by atoms with Crippen LogP contribution in [0, 0.1) is 0 Å². The Morgan fingerprint density at radius 1 is 1.00 bits per heavy atom. The van der Waals surface area contributed by atoms with Gasteiger partial charge in [-0.1, -0.05) is 41.4 Å². The van der Waals surface area contributed by atoms with E-state index >= 15 is 0 Å². The van der Waals surface area contributed by atoms with Crippen LogP contribution in [-0.4, -0.2) is 4.98 Å². The van der Waals surface area contributed by atoms with Gasteiger partial charge in [0, 0.05) is 16.5 Å². The van der Waals surface area contributed by atoms with Crippen LogP contribution in [-0.2, 0) is 12.3 Å². The maximum atomic E-state index is 14.4. The van der Waals surface area contributed by atoms with Gasteiger partial charge in [0.25, 0.3) is 5.89 Å². The van der Waals surface area contributed by atoms with Gasteiger partial charge in [-0.25, -0.2) is 4.98 Å². The second-order valence-electron chi connectivity index (χ2n) is 4.57. The highest BCUT2D eigenvalue weighted by atomic mass is 35.5. The Kier molecular flexibility index (Phi) is 3.59. The van der Waals surface area contributed by atoms with Crippen molar-refractivity contribution in [1.29, 1.82) is 0 Å². The topological polar surface area (TPSA) is 26.0 Å². The summed E-state index contributed by atoms with van der Waals surface area (Å²) in [5.74, 6) is -3.94. The molecule has 1 aromatic heterocycles. The van der Waals surface area contributed by atoms with Crippen LogP contribution < -0.4 is 0 Å². The number of rotatable bonds is 3. The minimum absolute atomic E-state index is 0.174. The summed E-state index contributed by atoms with van der Waals surface area (Å²) in [5, 5.41) is 0.386. The molecule has 0 aliphatic rings. The first-order valence-corrected chi connectivity index (χ1v) is 6.90. The van der Waals surface area contributed by atoms with Crippen molar-refractivity contribution in [2.45, 2.75) is 12.3 Å². The molecule has 0 spiro atoms. The molecule has 6 heteroatoms. The van der Waals surface area contributed by atoms with E-state index < -0.39 is 18.2 Å². The molecule has 0 aliphatic heterocycles. The van der Waals surface area contributed by atoms with Crippen molar-refractivity contribution < 1.29 is 13.2 Å². The molecule has 0 saturated carbocycles. The molecular formula is C15H9Cl2F2NO. The van der Waals surface area contributed by atoms with Gasteiger partial charge in [0.15, 0.2) is 5.58 Å². The number of fused-ring (bicyclic) bond motifs is 1. The number of benzene rings is 2. The van der Waals surface area contributed by atoms with Gasteiger partial charge >= 0.3 is 5.92 Å². The highest BCUT2D eigenvalue weighted by Crippen LogP contribution is 2.37. The smallest absolute Gasteiger partial charge is 0.326 e. The Bertz CT molecular complexity index is 748. The zero-order chi connectivity index (χ0) is 15.0. The van der Waals surface area contributed by atoms with Crippen LogP contribution in [0.15, 0.2) is 46.9 Å². The minimum atomic E-state index is -3.30. The maximum Gasteiger partial charge on any atom is 0.326 e. The van der Waals surface area contributed by atoms with E-state index in [-0.39, 0.29) is 15.6 Å². The van der Waals surface area contributed by atoms with Crippen LogP contribution in [0.1, 0.15) is 11.5 Å². The Balaban J connectivity index is 2.00. The molecule has 21 heavy (non-hydrogen) atoms. The van der Waals surface area contributed by atoms with Gasteiger partial charge in [0.2, 0.25) is 0 Å². The van der Waals surface area contributed by atoms with E-state index in [0.29, 0.717) is 11.1 Å². The van der Waals surface area contributed by atoms with Crippen LogP contribution in [0.5, 0.6) is 0 Å². The monoisotopic (exact) mass is 327 g/mol. The quantitative estimate of drug-likeness (QED) is 0.637. The predicted octanol–water partition coefficient (Wildman–Crippen LogP) is 5.47. The Morgan fingerprint density at radius 3 is 2.33 bits per heavy atom. The van der Waals surface area contributed by atoms with Gasteiger partial charge in [0.1, 0.15) is 5.52 Å². The second kappa shape index (κ2) is 5.28. The van der Waals surface area contributed by atoms with Crippen molar-refractivity contribution in [3.05, 3.63) is 64.0 Å². The second-order valence-corrected chi connectivity index (χ2v) is 5.38. The first-order chi connectivity index (χ1) is 9.97. The summed E-state index contributed by atoms with van der Waals surface area (Å²) < 4.78 is 33.9. The lowest BCUT2D eigenvalue weighted by Gasteiger charge is -2.14. The van der Waals surface area contributed by atoms with E-state index in [2.05, 4.69) is 4.98 Å². The van der Waals surface area contributed by atoms with Crippen molar-refractivity contribution >= 4 is 34.3 Å². The first kappa shape index (κ1) is 14.3. The summed E-state index contributed by atoms with van der Waals surface area (Å²) in [6.07, 6.45) is -0.668. The molecule has 3 rings (SSSR count). The van der Waals surface area contributed by atoms with Gasteiger partial charge in [-0.15, -0.1) is 0 Å². The molecule has 0 amide bonds. The molecule has 0 saturated heterocycles. The normalized spacial score (nSPS) is 12.0. The van der Waals surface area contributed by atoms with Gasteiger partial charge in [-0.2, -0.15) is 8.78 Å². The Labute approximate surface area is 129 Å². The molecule has 0 aliphatic carbocycles. The number of hydrogen-bond donors (Lipinski definition) is 0. The highest BCUT2D eigenvalue weighted by molar-refractivity contribution is 6.36. The summed E-state index contributed by atoms with van der Waals surface area (Å²) in [7, 11) is 0. The molecule has 0 fully saturated rings. The summed E-state index contributed by atoms with van der Waals surface area (Å²) in [4.78, 5) is 3.84. The fraction of sp³-hybridized carbons (Fsp3) is 0.133. The molecule has 108 valence electrons. The average Bonchev–Trinajstić information content (AvgIpc) is 2.88. The van der Waals surface area contributed by atoms with Gasteiger partial charge in [-0.05, 0) is 29.8 Å². The van der Waals surface area contributed by atoms with E-state index in [1.807, 2.05) is 0 Å². The van der Waals surface area contributed by atoms with E-state index in [4.69, 9.17) is 27.6 Å². The van der Waals surface area contributed by atoms with E-state index in [9.17, 15) is 8.78 Å². The summed E-state index contributed by atoms with van der Waals surface area (Å²) in [5.41, 5.74) is 0.878. The van der Waals surface area contributed by atoms with Gasteiger partial charge < -0.3 is 4.42 Å². The largest absolute Gasteiger partial charge is 0.435 e. The molecular weight excluding hydrogens is 319 g/mol. The molecule has 1 heterocycles. The standard InChI is InChI=1S/C15H9Cl2F2NO/c16-10-4-3-5-11(17)9(10)8-15(18,19)14-20-12-6-1-2-7-13(12)21-14/h1-7H,8H2. The summed E-state index contributed by atoms with van der Waals surface area (Å²) >= 11 is 11.9. The number of aromatic nitrogens is 1. The van der Waals surface area contributed by atoms with Gasteiger partial charge in [0.05, 0.1) is 0 Å². The summed E-state index contributed by atoms with van der Waals surface area (Å²) in [6.45, 7) is 0. The molecule has 3 aromatic rings. The van der Waals surface area contributed by atoms with Crippen LogP contribution in [0.4, 0.5) is 8.78 Å². The lowest BCUT2D eigenvalue weighted by atomic mass is 10.1. The van der Waals surface area contributed by atoms with E-state index in [1.165, 1.54) is 12.1 Å². The third kappa shape index (κ3) is 2.74. The number of hydrogen-bond acceptors (Lipinski definition) is 2. The number of para-hydroxylation sites is 2. The van der Waals surface area contributed by atoms with E-state index in [1.54, 1.807) is 30.3 Å². The molecule has 0 atom stereocenters. The molecule has 2 aromatic carbocycles. The van der Waals surface area contributed by atoms with Crippen molar-refractivity contribution in [3.8, 4) is 0 Å². The van der Waals surface area contributed by atoms with Crippen molar-refractivity contribution in [2.24, 2.45) is 0 Å². The highest BCUT2D eigenvalue weighted by Gasteiger charge is 2.39. The zero-order valence-electron chi connectivity index (χ0n) is 10.6. The molecule has 0 bridgehead atoms. The zero-order valence-corrected chi connectivity index (χ0v) is 12.1. The summed E-state index contributed by atoms with van der Waals surface area (Å²) in [6, 6.07) is 11.2. The Morgan fingerprint density at radius 2 is 1.67 bits per heavy atom. The SMILES string of the molecule is FC(F)(Cc1c(Cl)cccc1Cl)c1nc2ccccc2o1. The van der Waals surface area contributed by atoms with Crippen LogP contribution in [0.3, 0.4) is 0 Å². The lowest BCUT2D eigenvalue weighted by molar-refractivity contribution is -0.0292. The Hall–Kier alpha value is -1.65. The fourth-order valence-electron chi connectivity index (χ4n) is 2.03. The fourth-order valence-corrected chi connectivity index (χ4v) is 2.56. The third-order valence-electron chi connectivity index (χ3n) is 3.07. The van der Waals surface area contributed by atoms with E-state index in [0.717, 1.165) is 0 Å². The molecule has 0 radical (unpaired) electrons. The third-order valence-corrected chi connectivity index (χ3v) is 3.78. The first-order valence-electron chi connectivity index (χ1n) is 6.14. The van der Waals surface area contributed by atoms with Crippen molar-refractivity contribution in [3.63, 3.8) is 0 Å². The molecule has 2 nitrogen and oxygen atoms in total. The number of oxazole rings is 1. The lowest BCUT2D eigenvalue weighted by Crippen LogP contribution is -2.18. The number of nitrogens with zero attached hydrogens (tertiary/aromatic N) is 1. The van der Waals surface area contributed by atoms with Crippen LogP contribution in [0.25, 0.3) is 11.1 Å². The minimum Gasteiger partial charge on any atom is -0.435 e. The average molecular weight is 328 g/mol.